The van der Waals surface area contributed by atoms with Crippen LogP contribution < -0.4 is 15.4 Å². The van der Waals surface area contributed by atoms with Crippen LogP contribution in [-0.2, 0) is 13.0 Å². The highest BCUT2D eigenvalue weighted by Gasteiger charge is 2.10. The largest absolute Gasteiger partial charge is 0.493 e. The van der Waals surface area contributed by atoms with Crippen molar-refractivity contribution in [3.05, 3.63) is 29.3 Å². The summed E-state index contributed by atoms with van der Waals surface area (Å²) in [6, 6.07) is 6.14. The van der Waals surface area contributed by atoms with E-state index in [2.05, 4.69) is 16.7 Å². The van der Waals surface area contributed by atoms with Gasteiger partial charge in [0.1, 0.15) is 5.75 Å². The van der Waals surface area contributed by atoms with Crippen LogP contribution in [0.2, 0.25) is 0 Å². The maximum atomic E-state index is 11.5. The molecule has 0 saturated heterocycles. The van der Waals surface area contributed by atoms with E-state index in [-0.39, 0.29) is 12.1 Å². The van der Waals surface area contributed by atoms with Crippen LogP contribution in [0.15, 0.2) is 18.2 Å². The minimum absolute atomic E-state index is 0.126. The third-order valence-electron chi connectivity index (χ3n) is 2.85. The summed E-state index contributed by atoms with van der Waals surface area (Å²) in [7, 11) is 0. The first kappa shape index (κ1) is 12.7. The Morgan fingerprint density at radius 2 is 2.28 bits per heavy atom. The van der Waals surface area contributed by atoms with Gasteiger partial charge in [0.15, 0.2) is 0 Å². The Morgan fingerprint density at radius 3 is 3.06 bits per heavy atom. The van der Waals surface area contributed by atoms with Crippen LogP contribution in [-0.4, -0.2) is 18.7 Å². The van der Waals surface area contributed by atoms with Gasteiger partial charge in [0.2, 0.25) is 0 Å². The van der Waals surface area contributed by atoms with Crippen LogP contribution in [0.1, 0.15) is 31.4 Å². The van der Waals surface area contributed by atoms with E-state index in [0.717, 1.165) is 30.8 Å². The Morgan fingerprint density at radius 1 is 1.44 bits per heavy atom. The molecule has 18 heavy (non-hydrogen) atoms. The highest BCUT2D eigenvalue weighted by atomic mass is 16.5. The van der Waals surface area contributed by atoms with E-state index in [0.29, 0.717) is 6.54 Å². The quantitative estimate of drug-likeness (QED) is 0.861. The van der Waals surface area contributed by atoms with Gasteiger partial charge >= 0.3 is 6.03 Å². The molecule has 0 unspecified atom stereocenters. The zero-order valence-corrected chi connectivity index (χ0v) is 11.0. The summed E-state index contributed by atoms with van der Waals surface area (Å²) in [4.78, 5) is 11.5. The minimum atomic E-state index is -0.126. The normalized spacial score (nSPS) is 13.7. The summed E-state index contributed by atoms with van der Waals surface area (Å²) >= 11 is 0. The second-order valence-corrected chi connectivity index (χ2v) is 4.88. The number of urea groups is 1. The minimum Gasteiger partial charge on any atom is -0.493 e. The molecule has 2 N–H and O–H groups in total. The fourth-order valence-corrected chi connectivity index (χ4v) is 2.02. The number of rotatable bonds is 3. The average molecular weight is 248 g/mol. The van der Waals surface area contributed by atoms with Crippen LogP contribution in [0.5, 0.6) is 5.75 Å². The Hall–Kier alpha value is -1.71. The van der Waals surface area contributed by atoms with Crippen molar-refractivity contribution in [2.24, 2.45) is 0 Å². The molecular formula is C14H20N2O2. The molecular weight excluding hydrogens is 228 g/mol. The SMILES string of the molecule is CC(C)NC(=O)NCc1ccc2c(c1)CCCO2. The Balaban J connectivity index is 1.92. The molecule has 4 heteroatoms. The highest BCUT2D eigenvalue weighted by Crippen LogP contribution is 2.25. The smallest absolute Gasteiger partial charge is 0.315 e. The molecule has 0 bridgehead atoms. The lowest BCUT2D eigenvalue weighted by molar-refractivity contribution is 0.238. The van der Waals surface area contributed by atoms with E-state index in [9.17, 15) is 4.79 Å². The van der Waals surface area contributed by atoms with Gasteiger partial charge in [-0.1, -0.05) is 12.1 Å². The Kier molecular flexibility index (Phi) is 4.07. The Labute approximate surface area is 108 Å². The van der Waals surface area contributed by atoms with Crippen molar-refractivity contribution in [3.8, 4) is 5.75 Å². The third-order valence-corrected chi connectivity index (χ3v) is 2.85. The zero-order valence-electron chi connectivity index (χ0n) is 11.0. The number of carbonyl (C=O) groups excluding carboxylic acids is 1. The molecule has 1 aliphatic rings. The van der Waals surface area contributed by atoms with Crippen LogP contribution in [0.25, 0.3) is 0 Å². The number of hydrogen-bond donors (Lipinski definition) is 2. The molecule has 1 aromatic carbocycles. The van der Waals surface area contributed by atoms with Crippen molar-refractivity contribution >= 4 is 6.03 Å². The summed E-state index contributed by atoms with van der Waals surface area (Å²) in [5.74, 6) is 0.983. The molecule has 0 fully saturated rings. The van der Waals surface area contributed by atoms with Gasteiger partial charge in [0.05, 0.1) is 6.61 Å². The number of nitrogens with one attached hydrogen (secondary N) is 2. The fraction of sp³-hybridized carbons (Fsp3) is 0.500. The molecule has 98 valence electrons. The lowest BCUT2D eigenvalue weighted by Crippen LogP contribution is -2.39. The number of ether oxygens (including phenoxy) is 1. The number of hydrogen-bond acceptors (Lipinski definition) is 2. The molecule has 0 aromatic heterocycles. The van der Waals surface area contributed by atoms with Crippen molar-refractivity contribution in [1.29, 1.82) is 0 Å². The van der Waals surface area contributed by atoms with E-state index < -0.39 is 0 Å². The first-order valence-corrected chi connectivity index (χ1v) is 6.44. The third kappa shape index (κ3) is 3.39. The van der Waals surface area contributed by atoms with E-state index in [1.54, 1.807) is 0 Å². The van der Waals surface area contributed by atoms with Gasteiger partial charge in [-0.25, -0.2) is 4.79 Å². The van der Waals surface area contributed by atoms with Crippen LogP contribution in [0.3, 0.4) is 0 Å². The monoisotopic (exact) mass is 248 g/mol. The number of amides is 2. The van der Waals surface area contributed by atoms with Gasteiger partial charge in [0, 0.05) is 12.6 Å². The zero-order chi connectivity index (χ0) is 13.0. The molecule has 1 aliphatic heterocycles. The van der Waals surface area contributed by atoms with E-state index in [4.69, 9.17) is 4.74 Å². The first-order valence-electron chi connectivity index (χ1n) is 6.44. The topological polar surface area (TPSA) is 50.4 Å². The highest BCUT2D eigenvalue weighted by molar-refractivity contribution is 5.74. The molecule has 0 radical (unpaired) electrons. The van der Waals surface area contributed by atoms with Crippen LogP contribution in [0.4, 0.5) is 4.79 Å². The van der Waals surface area contributed by atoms with Crippen molar-refractivity contribution in [2.75, 3.05) is 6.61 Å². The van der Waals surface area contributed by atoms with E-state index >= 15 is 0 Å². The standard InChI is InChI=1S/C14H20N2O2/c1-10(2)16-14(17)15-9-11-5-6-13-12(8-11)4-3-7-18-13/h5-6,8,10H,3-4,7,9H2,1-2H3,(H2,15,16,17). The predicted molar refractivity (Wildman–Crippen MR) is 70.8 cm³/mol. The molecule has 0 spiro atoms. The maximum absolute atomic E-state index is 11.5. The lowest BCUT2D eigenvalue weighted by atomic mass is 10.0. The Bertz CT molecular complexity index is 430. The summed E-state index contributed by atoms with van der Waals surface area (Å²) in [6.45, 7) is 5.23. The van der Waals surface area contributed by atoms with Crippen LogP contribution in [0, 0.1) is 0 Å². The van der Waals surface area contributed by atoms with Crippen molar-refractivity contribution in [1.82, 2.24) is 10.6 Å². The maximum Gasteiger partial charge on any atom is 0.315 e. The van der Waals surface area contributed by atoms with Crippen molar-refractivity contribution in [2.45, 2.75) is 39.3 Å². The molecule has 0 atom stereocenters. The van der Waals surface area contributed by atoms with E-state index in [1.165, 1.54) is 5.56 Å². The number of aryl methyl sites for hydroxylation is 1. The second-order valence-electron chi connectivity index (χ2n) is 4.88. The second kappa shape index (κ2) is 5.76. The number of benzene rings is 1. The summed E-state index contributed by atoms with van der Waals surface area (Å²) in [6.07, 6.45) is 2.12. The number of carbonyl (C=O) groups is 1. The summed E-state index contributed by atoms with van der Waals surface area (Å²) < 4.78 is 5.56. The van der Waals surface area contributed by atoms with Gasteiger partial charge < -0.3 is 15.4 Å². The molecule has 2 amide bonds. The van der Waals surface area contributed by atoms with Gasteiger partial charge in [-0.2, -0.15) is 0 Å². The average Bonchev–Trinajstić information content (AvgIpc) is 2.35. The molecule has 4 nitrogen and oxygen atoms in total. The molecule has 1 aromatic rings. The molecule has 0 aliphatic carbocycles. The van der Waals surface area contributed by atoms with Gasteiger partial charge in [-0.15, -0.1) is 0 Å². The molecule has 1 heterocycles. The summed E-state index contributed by atoms with van der Waals surface area (Å²) in [5.41, 5.74) is 2.35. The summed E-state index contributed by atoms with van der Waals surface area (Å²) in [5, 5.41) is 5.65. The van der Waals surface area contributed by atoms with Gasteiger partial charge in [-0.3, -0.25) is 0 Å². The van der Waals surface area contributed by atoms with E-state index in [1.807, 2.05) is 26.0 Å². The number of fused-ring (bicyclic) bond motifs is 1. The molecule has 0 saturated carbocycles. The van der Waals surface area contributed by atoms with Crippen molar-refractivity contribution < 1.29 is 9.53 Å². The first-order chi connectivity index (χ1) is 8.65. The fourth-order valence-electron chi connectivity index (χ4n) is 2.02. The molecule has 2 rings (SSSR count). The van der Waals surface area contributed by atoms with Crippen molar-refractivity contribution in [3.63, 3.8) is 0 Å². The van der Waals surface area contributed by atoms with Gasteiger partial charge in [0.25, 0.3) is 0 Å². The predicted octanol–water partition coefficient (Wildman–Crippen LogP) is 2.22. The lowest BCUT2D eigenvalue weighted by Gasteiger charge is -2.18. The van der Waals surface area contributed by atoms with Gasteiger partial charge in [-0.05, 0) is 43.9 Å². The van der Waals surface area contributed by atoms with Crippen LogP contribution >= 0.6 is 0 Å².